The second kappa shape index (κ2) is 6.20. The van der Waals surface area contributed by atoms with Gasteiger partial charge in [0.05, 0.1) is 0 Å². The number of halogens is 1. The monoisotopic (exact) mass is 255 g/mol. The molecule has 1 unspecified atom stereocenters. The van der Waals surface area contributed by atoms with Crippen LogP contribution < -0.4 is 5.32 Å². The Morgan fingerprint density at radius 2 is 2.07 bits per heavy atom. The number of hydrogen-bond donors (Lipinski definition) is 1. The van der Waals surface area contributed by atoms with Crippen molar-refractivity contribution in [3.8, 4) is 0 Å². The third-order valence-corrected chi connectivity index (χ3v) is 2.90. The van der Waals surface area contributed by atoms with Gasteiger partial charge in [-0.05, 0) is 31.4 Å². The third-order valence-electron chi connectivity index (χ3n) is 2.44. The fourth-order valence-corrected chi connectivity index (χ4v) is 2.05. The van der Waals surface area contributed by atoms with Crippen molar-refractivity contribution in [2.75, 3.05) is 5.33 Å². The third kappa shape index (κ3) is 3.81. The molecule has 0 aliphatic heterocycles. The molecule has 1 nitrogen and oxygen atoms in total. The number of alkyl halides is 1. The first-order valence-corrected chi connectivity index (χ1v) is 6.20. The molecule has 0 heterocycles. The molecule has 0 saturated carbocycles. The van der Waals surface area contributed by atoms with Gasteiger partial charge in [-0.2, -0.15) is 0 Å². The fourth-order valence-electron chi connectivity index (χ4n) is 1.36. The van der Waals surface area contributed by atoms with Gasteiger partial charge in [0.2, 0.25) is 0 Å². The topological polar surface area (TPSA) is 12.0 Å². The summed E-state index contributed by atoms with van der Waals surface area (Å²) in [4.78, 5) is 0. The summed E-state index contributed by atoms with van der Waals surface area (Å²) >= 11 is 3.45. The number of rotatable bonds is 5. The molecule has 78 valence electrons. The lowest BCUT2D eigenvalue weighted by molar-refractivity contribution is 0.537. The largest absolute Gasteiger partial charge is 0.310 e. The SMILES string of the molecule is Cc1ccccc1CNC(C)CCBr. The molecule has 0 bridgehead atoms. The zero-order chi connectivity index (χ0) is 10.4. The maximum Gasteiger partial charge on any atom is 0.0210 e. The number of benzene rings is 1. The summed E-state index contributed by atoms with van der Waals surface area (Å²) in [6.07, 6.45) is 1.17. The maximum absolute atomic E-state index is 3.51. The Hall–Kier alpha value is -0.340. The molecule has 1 rings (SSSR count). The van der Waals surface area contributed by atoms with Crippen LogP contribution in [0.3, 0.4) is 0 Å². The van der Waals surface area contributed by atoms with Crippen molar-refractivity contribution in [2.24, 2.45) is 0 Å². The van der Waals surface area contributed by atoms with Gasteiger partial charge in [0.1, 0.15) is 0 Å². The first-order valence-electron chi connectivity index (χ1n) is 5.08. The minimum Gasteiger partial charge on any atom is -0.310 e. The molecule has 0 radical (unpaired) electrons. The van der Waals surface area contributed by atoms with E-state index in [1.54, 1.807) is 0 Å². The lowest BCUT2D eigenvalue weighted by atomic mass is 10.1. The van der Waals surface area contributed by atoms with Crippen molar-refractivity contribution in [3.63, 3.8) is 0 Å². The highest BCUT2D eigenvalue weighted by atomic mass is 79.9. The Balaban J connectivity index is 2.41. The van der Waals surface area contributed by atoms with Crippen LogP contribution in [0.5, 0.6) is 0 Å². The normalized spacial score (nSPS) is 12.8. The van der Waals surface area contributed by atoms with Crippen molar-refractivity contribution in [1.29, 1.82) is 0 Å². The van der Waals surface area contributed by atoms with E-state index in [0.717, 1.165) is 11.9 Å². The smallest absolute Gasteiger partial charge is 0.0210 e. The zero-order valence-electron chi connectivity index (χ0n) is 8.89. The molecule has 0 aliphatic rings. The second-order valence-electron chi connectivity index (χ2n) is 3.69. The van der Waals surface area contributed by atoms with Crippen LogP contribution in [0.25, 0.3) is 0 Å². The lowest BCUT2D eigenvalue weighted by Crippen LogP contribution is -2.25. The molecule has 0 fully saturated rings. The predicted octanol–water partition coefficient (Wildman–Crippen LogP) is 3.26. The van der Waals surface area contributed by atoms with Crippen LogP contribution >= 0.6 is 15.9 Å². The van der Waals surface area contributed by atoms with Gasteiger partial charge in [0.25, 0.3) is 0 Å². The molecule has 1 N–H and O–H groups in total. The molecule has 1 atom stereocenters. The van der Waals surface area contributed by atoms with Crippen molar-refractivity contribution >= 4 is 15.9 Å². The van der Waals surface area contributed by atoms with Gasteiger partial charge in [0.15, 0.2) is 0 Å². The van der Waals surface area contributed by atoms with E-state index in [-0.39, 0.29) is 0 Å². The summed E-state index contributed by atoms with van der Waals surface area (Å²) in [6.45, 7) is 5.35. The Labute approximate surface area is 95.0 Å². The minimum atomic E-state index is 0.578. The summed E-state index contributed by atoms with van der Waals surface area (Å²) in [6, 6.07) is 9.10. The Morgan fingerprint density at radius 3 is 2.71 bits per heavy atom. The van der Waals surface area contributed by atoms with Crippen LogP contribution in [0, 0.1) is 6.92 Å². The summed E-state index contributed by atoms with van der Waals surface area (Å²) in [5.74, 6) is 0. The Bertz CT molecular complexity index is 273. The molecule has 0 saturated heterocycles. The van der Waals surface area contributed by atoms with E-state index in [1.807, 2.05) is 0 Å². The van der Waals surface area contributed by atoms with E-state index < -0.39 is 0 Å². The highest BCUT2D eigenvalue weighted by molar-refractivity contribution is 9.09. The molecule has 2 heteroatoms. The van der Waals surface area contributed by atoms with Crippen LogP contribution in [-0.2, 0) is 6.54 Å². The van der Waals surface area contributed by atoms with Crippen LogP contribution in [0.4, 0.5) is 0 Å². The van der Waals surface area contributed by atoms with Crippen LogP contribution in [0.1, 0.15) is 24.5 Å². The quantitative estimate of drug-likeness (QED) is 0.797. The van der Waals surface area contributed by atoms with Gasteiger partial charge < -0.3 is 5.32 Å². The Kier molecular flexibility index (Phi) is 5.20. The van der Waals surface area contributed by atoms with Gasteiger partial charge in [-0.1, -0.05) is 40.2 Å². The van der Waals surface area contributed by atoms with Gasteiger partial charge in [-0.15, -0.1) is 0 Å². The number of nitrogens with one attached hydrogen (secondary N) is 1. The molecule has 14 heavy (non-hydrogen) atoms. The van der Waals surface area contributed by atoms with Gasteiger partial charge in [-0.25, -0.2) is 0 Å². The van der Waals surface area contributed by atoms with Gasteiger partial charge in [-0.3, -0.25) is 0 Å². The van der Waals surface area contributed by atoms with E-state index in [1.165, 1.54) is 17.5 Å². The molecule has 0 aromatic heterocycles. The standard InChI is InChI=1S/C12H18BrN/c1-10-5-3-4-6-12(10)9-14-11(2)7-8-13/h3-6,11,14H,7-9H2,1-2H3. The minimum absolute atomic E-state index is 0.578. The summed E-state index contributed by atoms with van der Waals surface area (Å²) in [5, 5.41) is 4.58. The molecule has 0 spiro atoms. The van der Waals surface area contributed by atoms with E-state index >= 15 is 0 Å². The van der Waals surface area contributed by atoms with Gasteiger partial charge >= 0.3 is 0 Å². The number of hydrogen-bond acceptors (Lipinski definition) is 1. The molecular weight excluding hydrogens is 238 g/mol. The first kappa shape index (κ1) is 11.7. The maximum atomic E-state index is 3.51. The highest BCUT2D eigenvalue weighted by Crippen LogP contribution is 2.07. The number of aryl methyl sites for hydroxylation is 1. The average molecular weight is 256 g/mol. The van der Waals surface area contributed by atoms with Crippen LogP contribution in [-0.4, -0.2) is 11.4 Å². The predicted molar refractivity (Wildman–Crippen MR) is 65.9 cm³/mol. The highest BCUT2D eigenvalue weighted by Gasteiger charge is 2.01. The Morgan fingerprint density at radius 1 is 1.36 bits per heavy atom. The summed E-state index contributed by atoms with van der Waals surface area (Å²) < 4.78 is 0. The van der Waals surface area contributed by atoms with Crippen molar-refractivity contribution in [1.82, 2.24) is 5.32 Å². The van der Waals surface area contributed by atoms with Crippen LogP contribution in [0.2, 0.25) is 0 Å². The van der Waals surface area contributed by atoms with Gasteiger partial charge in [0, 0.05) is 17.9 Å². The van der Waals surface area contributed by atoms with Crippen molar-refractivity contribution in [2.45, 2.75) is 32.9 Å². The molecule has 0 amide bonds. The van der Waals surface area contributed by atoms with E-state index in [2.05, 4.69) is 59.4 Å². The molecule has 0 aliphatic carbocycles. The molecule has 1 aromatic carbocycles. The average Bonchev–Trinajstić information content (AvgIpc) is 2.17. The van der Waals surface area contributed by atoms with E-state index in [9.17, 15) is 0 Å². The summed E-state index contributed by atoms with van der Waals surface area (Å²) in [5.41, 5.74) is 2.76. The fraction of sp³-hybridized carbons (Fsp3) is 0.500. The van der Waals surface area contributed by atoms with E-state index in [4.69, 9.17) is 0 Å². The second-order valence-corrected chi connectivity index (χ2v) is 4.48. The first-order chi connectivity index (χ1) is 6.74. The van der Waals surface area contributed by atoms with Crippen molar-refractivity contribution < 1.29 is 0 Å². The molecular formula is C12H18BrN. The zero-order valence-corrected chi connectivity index (χ0v) is 10.5. The van der Waals surface area contributed by atoms with Crippen molar-refractivity contribution in [3.05, 3.63) is 35.4 Å². The van der Waals surface area contributed by atoms with E-state index in [0.29, 0.717) is 6.04 Å². The summed E-state index contributed by atoms with van der Waals surface area (Å²) in [7, 11) is 0. The lowest BCUT2D eigenvalue weighted by Gasteiger charge is -2.13. The van der Waals surface area contributed by atoms with Crippen LogP contribution in [0.15, 0.2) is 24.3 Å². The molecule has 1 aromatic rings.